The lowest BCUT2D eigenvalue weighted by Crippen LogP contribution is -2.41. The van der Waals surface area contributed by atoms with Gasteiger partial charge in [-0.25, -0.2) is 9.78 Å². The van der Waals surface area contributed by atoms with E-state index in [1.165, 1.54) is 36.1 Å². The zero-order valence-electron chi connectivity index (χ0n) is 19.9. The molecule has 0 saturated heterocycles. The number of hydrogen-bond acceptors (Lipinski definition) is 7. The molecular formula is C26H30N2O6. The number of nitrogens with one attached hydrogen (secondary N) is 1. The van der Waals surface area contributed by atoms with Gasteiger partial charge in [-0.3, -0.25) is 9.59 Å². The summed E-state index contributed by atoms with van der Waals surface area (Å²) in [5.41, 5.74) is 3.45. The molecule has 1 saturated carbocycles. The number of methoxy groups -OCH3 is 1. The number of ether oxygens (including phenoxy) is 3. The van der Waals surface area contributed by atoms with Crippen molar-refractivity contribution in [1.82, 2.24) is 10.3 Å². The Morgan fingerprint density at radius 1 is 1.21 bits per heavy atom. The van der Waals surface area contributed by atoms with Crippen LogP contribution >= 0.6 is 0 Å². The molecule has 1 fully saturated rings. The third-order valence-corrected chi connectivity index (χ3v) is 6.49. The molecule has 8 nitrogen and oxygen atoms in total. The van der Waals surface area contributed by atoms with Crippen LogP contribution in [0.5, 0.6) is 11.5 Å². The van der Waals surface area contributed by atoms with Gasteiger partial charge in [-0.2, -0.15) is 0 Å². The number of hydrogen-bond donors (Lipinski definition) is 1. The molecule has 180 valence electrons. The van der Waals surface area contributed by atoms with Crippen molar-refractivity contribution in [2.75, 3.05) is 7.11 Å². The Labute approximate surface area is 199 Å². The third kappa shape index (κ3) is 5.05. The molecule has 0 radical (unpaired) electrons. The van der Waals surface area contributed by atoms with E-state index in [9.17, 15) is 14.4 Å². The first-order chi connectivity index (χ1) is 16.3. The second-order valence-corrected chi connectivity index (χ2v) is 9.12. The molecular weight excluding hydrogens is 436 g/mol. The van der Waals surface area contributed by atoms with Crippen molar-refractivity contribution in [3.63, 3.8) is 0 Å². The molecule has 0 spiro atoms. The third-order valence-electron chi connectivity index (χ3n) is 6.49. The van der Waals surface area contributed by atoms with Crippen molar-refractivity contribution >= 4 is 17.8 Å². The van der Waals surface area contributed by atoms with Gasteiger partial charge in [-0.15, -0.1) is 0 Å². The van der Waals surface area contributed by atoms with Gasteiger partial charge in [0.15, 0.2) is 11.4 Å². The number of aryl methyl sites for hydroxylation is 1. The fourth-order valence-electron chi connectivity index (χ4n) is 4.43. The standard InChI is InChI=1S/C26H30N2O6/c1-14-6-5-7-18-13-20(15(2)22(14)18)33-26(31)16(3)28-25(30)23-24(19(32-4)10-11-27-23)34-21(29)12-17-8-9-17/h5-7,10-11,15-17,20H,8-9,12-13H2,1-4H3,(H,28,30)/t15?,16-,20?/m0/s1. The number of aromatic nitrogens is 1. The van der Waals surface area contributed by atoms with Gasteiger partial charge in [0.1, 0.15) is 12.1 Å². The van der Waals surface area contributed by atoms with Crippen molar-refractivity contribution in [2.45, 2.75) is 64.5 Å². The van der Waals surface area contributed by atoms with Gasteiger partial charge in [0.2, 0.25) is 5.75 Å². The van der Waals surface area contributed by atoms with Crippen molar-refractivity contribution in [1.29, 1.82) is 0 Å². The summed E-state index contributed by atoms with van der Waals surface area (Å²) in [7, 11) is 1.41. The highest BCUT2D eigenvalue weighted by Crippen LogP contribution is 2.37. The lowest BCUT2D eigenvalue weighted by atomic mass is 9.97. The molecule has 2 unspecified atom stereocenters. The van der Waals surface area contributed by atoms with E-state index in [1.807, 2.05) is 13.0 Å². The highest BCUT2D eigenvalue weighted by atomic mass is 16.6. The Morgan fingerprint density at radius 3 is 2.65 bits per heavy atom. The van der Waals surface area contributed by atoms with Gasteiger partial charge in [-0.1, -0.05) is 25.1 Å². The SMILES string of the molecule is COc1ccnc(C(=O)N[C@@H](C)C(=O)OC2Cc3cccc(C)c3C2C)c1OC(=O)CC1CC1. The maximum atomic E-state index is 13.0. The second kappa shape index (κ2) is 9.83. The number of amides is 1. The first kappa shape index (κ1) is 23.7. The first-order valence-electron chi connectivity index (χ1n) is 11.6. The number of rotatable bonds is 8. The fraction of sp³-hybridized carbons (Fsp3) is 0.462. The van der Waals surface area contributed by atoms with Crippen molar-refractivity contribution < 1.29 is 28.6 Å². The number of carbonyl (C=O) groups excluding carboxylic acids is 3. The van der Waals surface area contributed by atoms with E-state index in [-0.39, 0.29) is 35.6 Å². The molecule has 3 atom stereocenters. The highest BCUT2D eigenvalue weighted by Gasteiger charge is 2.35. The van der Waals surface area contributed by atoms with E-state index in [1.54, 1.807) is 6.92 Å². The zero-order valence-corrected chi connectivity index (χ0v) is 19.9. The molecule has 0 aliphatic heterocycles. The topological polar surface area (TPSA) is 104 Å². The smallest absolute Gasteiger partial charge is 0.328 e. The van der Waals surface area contributed by atoms with Crippen LogP contribution in [-0.4, -0.2) is 42.1 Å². The van der Waals surface area contributed by atoms with Crippen molar-refractivity contribution in [2.24, 2.45) is 5.92 Å². The molecule has 1 N–H and O–H groups in total. The molecule has 1 aromatic heterocycles. The summed E-state index contributed by atoms with van der Waals surface area (Å²) in [6, 6.07) is 6.70. The van der Waals surface area contributed by atoms with Crippen LogP contribution in [0.15, 0.2) is 30.5 Å². The number of carbonyl (C=O) groups is 3. The normalized spacial score (nSPS) is 19.6. The Morgan fingerprint density at radius 2 is 1.97 bits per heavy atom. The van der Waals surface area contributed by atoms with Crippen LogP contribution in [0.3, 0.4) is 0 Å². The molecule has 4 rings (SSSR count). The van der Waals surface area contributed by atoms with Gasteiger partial charge < -0.3 is 19.5 Å². The Bertz CT molecular complexity index is 1110. The van der Waals surface area contributed by atoms with Gasteiger partial charge in [0.25, 0.3) is 5.91 Å². The number of esters is 2. The maximum absolute atomic E-state index is 13.0. The van der Waals surface area contributed by atoms with Crippen molar-refractivity contribution in [3.8, 4) is 11.5 Å². The second-order valence-electron chi connectivity index (χ2n) is 9.12. The number of fused-ring (bicyclic) bond motifs is 1. The molecule has 2 aromatic rings. The van der Waals surface area contributed by atoms with Gasteiger partial charge in [-0.05, 0) is 49.3 Å². The first-order valence-corrected chi connectivity index (χ1v) is 11.6. The van der Waals surface area contributed by atoms with Crippen LogP contribution in [0.2, 0.25) is 0 Å². The minimum Gasteiger partial charge on any atom is -0.493 e. The number of benzene rings is 1. The number of pyridine rings is 1. The molecule has 1 heterocycles. The molecule has 2 aliphatic carbocycles. The van der Waals surface area contributed by atoms with E-state index >= 15 is 0 Å². The Kier molecular flexibility index (Phi) is 6.86. The molecule has 0 bridgehead atoms. The number of nitrogens with zero attached hydrogens (tertiary/aromatic N) is 1. The van der Waals surface area contributed by atoms with Crippen LogP contribution in [0.25, 0.3) is 0 Å². The van der Waals surface area contributed by atoms with Crippen molar-refractivity contribution in [3.05, 3.63) is 52.8 Å². The monoisotopic (exact) mass is 466 g/mol. The van der Waals surface area contributed by atoms with Crippen LogP contribution < -0.4 is 14.8 Å². The van der Waals surface area contributed by atoms with Crippen LogP contribution in [-0.2, 0) is 20.7 Å². The molecule has 34 heavy (non-hydrogen) atoms. The predicted molar refractivity (Wildman–Crippen MR) is 124 cm³/mol. The van der Waals surface area contributed by atoms with Gasteiger partial charge in [0.05, 0.1) is 7.11 Å². The summed E-state index contributed by atoms with van der Waals surface area (Å²) in [4.78, 5) is 42.1. The lowest BCUT2D eigenvalue weighted by Gasteiger charge is -2.21. The van der Waals surface area contributed by atoms with E-state index < -0.39 is 23.9 Å². The molecule has 1 aromatic carbocycles. The van der Waals surface area contributed by atoms with E-state index in [4.69, 9.17) is 14.2 Å². The van der Waals surface area contributed by atoms with E-state index in [0.717, 1.165) is 12.8 Å². The Balaban J connectivity index is 1.42. The summed E-state index contributed by atoms with van der Waals surface area (Å²) >= 11 is 0. The Hall–Kier alpha value is -3.42. The van der Waals surface area contributed by atoms with Gasteiger partial charge in [0, 0.05) is 31.0 Å². The fourth-order valence-corrected chi connectivity index (χ4v) is 4.43. The summed E-state index contributed by atoms with van der Waals surface area (Å²) in [5.74, 6) is -1.07. The highest BCUT2D eigenvalue weighted by molar-refractivity contribution is 5.98. The van der Waals surface area contributed by atoms with Crippen LogP contribution in [0, 0.1) is 12.8 Å². The van der Waals surface area contributed by atoms with E-state index in [2.05, 4.69) is 29.4 Å². The summed E-state index contributed by atoms with van der Waals surface area (Å²) in [5, 5.41) is 2.61. The largest absolute Gasteiger partial charge is 0.493 e. The summed E-state index contributed by atoms with van der Waals surface area (Å²) in [6.07, 6.45) is 4.01. The quantitative estimate of drug-likeness (QED) is 0.594. The summed E-state index contributed by atoms with van der Waals surface area (Å²) in [6.45, 7) is 5.65. The lowest BCUT2D eigenvalue weighted by molar-refractivity contribution is -0.151. The molecule has 1 amide bonds. The minimum atomic E-state index is -0.924. The average Bonchev–Trinajstić information content (AvgIpc) is 3.56. The minimum absolute atomic E-state index is 0.0518. The zero-order chi connectivity index (χ0) is 24.4. The maximum Gasteiger partial charge on any atom is 0.328 e. The predicted octanol–water partition coefficient (Wildman–Crippen LogP) is 3.49. The van der Waals surface area contributed by atoms with Gasteiger partial charge >= 0.3 is 11.9 Å². The van der Waals surface area contributed by atoms with Crippen LogP contribution in [0.1, 0.15) is 66.2 Å². The molecule has 8 heteroatoms. The average molecular weight is 467 g/mol. The summed E-state index contributed by atoms with van der Waals surface area (Å²) < 4.78 is 16.5. The van der Waals surface area contributed by atoms with Crippen LogP contribution in [0.4, 0.5) is 0 Å². The molecule has 2 aliphatic rings. The van der Waals surface area contributed by atoms with E-state index in [0.29, 0.717) is 12.3 Å².